The number of hydrogen-bond acceptors (Lipinski definition) is 4. The smallest absolute Gasteiger partial charge is 0.260 e. The summed E-state index contributed by atoms with van der Waals surface area (Å²) >= 11 is 0. The number of nitrogens with zero attached hydrogens (tertiary/aromatic N) is 3. The molecule has 4 rings (SSSR count). The largest absolute Gasteiger partial charge is 0.334 e. The fourth-order valence-corrected chi connectivity index (χ4v) is 3.33. The molecule has 0 aliphatic carbocycles. The molecule has 1 amide bonds. The number of aromatic nitrogens is 2. The van der Waals surface area contributed by atoms with Crippen LogP contribution in [-0.2, 0) is 4.79 Å². The zero-order valence-corrected chi connectivity index (χ0v) is 15.2. The SMILES string of the molecule is CC(C)c1cccc(N2CC(c3noc(-c4ccccc4F)n3)CC2=O)c1. The lowest BCUT2D eigenvalue weighted by Crippen LogP contribution is -2.24. The van der Waals surface area contributed by atoms with Crippen LogP contribution < -0.4 is 4.90 Å². The summed E-state index contributed by atoms with van der Waals surface area (Å²) in [5.74, 6) is 0.392. The summed E-state index contributed by atoms with van der Waals surface area (Å²) in [6, 6.07) is 14.3. The van der Waals surface area contributed by atoms with E-state index in [1.54, 1.807) is 23.1 Å². The van der Waals surface area contributed by atoms with Crippen molar-refractivity contribution >= 4 is 11.6 Å². The summed E-state index contributed by atoms with van der Waals surface area (Å²) in [7, 11) is 0. The second-order valence-electron chi connectivity index (χ2n) is 7.09. The number of halogens is 1. The van der Waals surface area contributed by atoms with Crippen molar-refractivity contribution in [2.75, 3.05) is 11.4 Å². The molecule has 2 heterocycles. The zero-order chi connectivity index (χ0) is 19.0. The van der Waals surface area contributed by atoms with E-state index in [1.807, 2.05) is 18.2 Å². The van der Waals surface area contributed by atoms with Crippen molar-refractivity contribution in [1.82, 2.24) is 10.1 Å². The molecule has 1 aromatic heterocycles. The molecule has 0 spiro atoms. The van der Waals surface area contributed by atoms with Crippen LogP contribution in [0.25, 0.3) is 11.5 Å². The molecule has 1 aliphatic heterocycles. The maximum atomic E-state index is 13.9. The number of carbonyl (C=O) groups is 1. The number of benzene rings is 2. The van der Waals surface area contributed by atoms with Crippen molar-refractivity contribution in [3.05, 3.63) is 65.7 Å². The molecule has 1 atom stereocenters. The highest BCUT2D eigenvalue weighted by atomic mass is 19.1. The monoisotopic (exact) mass is 365 g/mol. The molecule has 138 valence electrons. The average Bonchev–Trinajstić information content (AvgIpc) is 3.29. The van der Waals surface area contributed by atoms with E-state index in [4.69, 9.17) is 4.52 Å². The normalized spacial score (nSPS) is 17.1. The molecule has 1 aliphatic rings. The Bertz CT molecular complexity index is 983. The molecule has 5 nitrogen and oxygen atoms in total. The third-order valence-corrected chi connectivity index (χ3v) is 4.88. The lowest BCUT2D eigenvalue weighted by molar-refractivity contribution is -0.117. The van der Waals surface area contributed by atoms with Gasteiger partial charge in [-0.1, -0.05) is 43.3 Å². The van der Waals surface area contributed by atoms with Crippen LogP contribution in [0, 0.1) is 5.82 Å². The van der Waals surface area contributed by atoms with Crippen molar-refractivity contribution in [3.63, 3.8) is 0 Å². The second-order valence-corrected chi connectivity index (χ2v) is 7.09. The van der Waals surface area contributed by atoms with E-state index in [-0.39, 0.29) is 23.3 Å². The van der Waals surface area contributed by atoms with Gasteiger partial charge in [-0.3, -0.25) is 4.79 Å². The molecular weight excluding hydrogens is 345 g/mol. The van der Waals surface area contributed by atoms with Crippen molar-refractivity contribution in [1.29, 1.82) is 0 Å². The van der Waals surface area contributed by atoms with Gasteiger partial charge in [-0.05, 0) is 35.7 Å². The average molecular weight is 365 g/mol. The van der Waals surface area contributed by atoms with Gasteiger partial charge < -0.3 is 9.42 Å². The number of rotatable bonds is 4. The molecule has 0 saturated carbocycles. The fraction of sp³-hybridized carbons (Fsp3) is 0.286. The molecule has 1 fully saturated rings. The van der Waals surface area contributed by atoms with Crippen LogP contribution >= 0.6 is 0 Å². The first-order valence-electron chi connectivity index (χ1n) is 9.01. The van der Waals surface area contributed by atoms with Gasteiger partial charge >= 0.3 is 0 Å². The van der Waals surface area contributed by atoms with Crippen molar-refractivity contribution in [2.45, 2.75) is 32.1 Å². The highest BCUT2D eigenvalue weighted by Crippen LogP contribution is 2.33. The first kappa shape index (κ1) is 17.4. The van der Waals surface area contributed by atoms with Crippen LogP contribution in [-0.4, -0.2) is 22.6 Å². The first-order valence-corrected chi connectivity index (χ1v) is 9.01. The van der Waals surface area contributed by atoms with Crippen LogP contribution in [0.2, 0.25) is 0 Å². The van der Waals surface area contributed by atoms with E-state index in [9.17, 15) is 9.18 Å². The summed E-state index contributed by atoms with van der Waals surface area (Å²) in [5.41, 5.74) is 2.33. The molecule has 0 radical (unpaired) electrons. The van der Waals surface area contributed by atoms with Gasteiger partial charge in [0, 0.05) is 24.6 Å². The standard InChI is InChI=1S/C21H20FN3O2/c1-13(2)14-6-5-7-16(10-14)25-12-15(11-19(25)26)20-23-21(27-24-20)17-8-3-4-9-18(17)22/h3-10,13,15H,11-12H2,1-2H3. The van der Waals surface area contributed by atoms with Gasteiger partial charge in [-0.25, -0.2) is 4.39 Å². The molecule has 1 saturated heterocycles. The van der Waals surface area contributed by atoms with Crippen molar-refractivity contribution < 1.29 is 13.7 Å². The molecule has 3 aromatic rings. The summed E-state index contributed by atoms with van der Waals surface area (Å²) in [6.45, 7) is 4.73. The maximum Gasteiger partial charge on any atom is 0.260 e. The predicted molar refractivity (Wildman–Crippen MR) is 99.9 cm³/mol. The highest BCUT2D eigenvalue weighted by Gasteiger charge is 2.35. The van der Waals surface area contributed by atoms with E-state index < -0.39 is 5.82 Å². The van der Waals surface area contributed by atoms with Gasteiger partial charge in [0.2, 0.25) is 5.91 Å². The molecule has 27 heavy (non-hydrogen) atoms. The van der Waals surface area contributed by atoms with Crippen molar-refractivity contribution in [2.24, 2.45) is 0 Å². The van der Waals surface area contributed by atoms with Crippen molar-refractivity contribution in [3.8, 4) is 11.5 Å². The highest BCUT2D eigenvalue weighted by molar-refractivity contribution is 5.96. The minimum atomic E-state index is -0.415. The van der Waals surface area contributed by atoms with Crippen LogP contribution in [0.15, 0.2) is 53.1 Å². The van der Waals surface area contributed by atoms with E-state index in [1.165, 1.54) is 11.6 Å². The first-order chi connectivity index (χ1) is 13.0. The Morgan fingerprint density at radius 1 is 1.19 bits per heavy atom. The Morgan fingerprint density at radius 2 is 2.00 bits per heavy atom. The van der Waals surface area contributed by atoms with Crippen LogP contribution in [0.4, 0.5) is 10.1 Å². The van der Waals surface area contributed by atoms with Gasteiger partial charge in [-0.15, -0.1) is 0 Å². The molecule has 1 unspecified atom stereocenters. The Balaban J connectivity index is 1.57. The van der Waals surface area contributed by atoms with Gasteiger partial charge in [0.1, 0.15) is 5.82 Å². The summed E-state index contributed by atoms with van der Waals surface area (Å²) < 4.78 is 19.2. The van der Waals surface area contributed by atoms with E-state index in [0.29, 0.717) is 24.7 Å². The maximum absolute atomic E-state index is 13.9. The summed E-state index contributed by atoms with van der Waals surface area (Å²) in [6.07, 6.45) is 0.308. The number of amides is 1. The topological polar surface area (TPSA) is 59.2 Å². The number of carbonyl (C=O) groups excluding carboxylic acids is 1. The van der Waals surface area contributed by atoms with Crippen LogP contribution in [0.5, 0.6) is 0 Å². The van der Waals surface area contributed by atoms with Gasteiger partial charge in [0.05, 0.1) is 5.56 Å². The minimum Gasteiger partial charge on any atom is -0.334 e. The summed E-state index contributed by atoms with van der Waals surface area (Å²) in [5, 5.41) is 3.99. The minimum absolute atomic E-state index is 0.0261. The third kappa shape index (κ3) is 3.35. The number of hydrogen-bond donors (Lipinski definition) is 0. The summed E-state index contributed by atoms with van der Waals surface area (Å²) in [4.78, 5) is 18.6. The number of anilines is 1. The Kier molecular flexibility index (Phi) is 4.48. The van der Waals surface area contributed by atoms with E-state index >= 15 is 0 Å². The molecular formula is C21H20FN3O2. The molecule has 0 bridgehead atoms. The Morgan fingerprint density at radius 3 is 2.78 bits per heavy atom. The van der Waals surface area contributed by atoms with Crippen LogP contribution in [0.1, 0.15) is 43.5 Å². The van der Waals surface area contributed by atoms with Crippen LogP contribution in [0.3, 0.4) is 0 Å². The Hall–Kier alpha value is -3.02. The lowest BCUT2D eigenvalue weighted by atomic mass is 10.0. The van der Waals surface area contributed by atoms with E-state index in [2.05, 4.69) is 30.1 Å². The molecule has 2 aromatic carbocycles. The van der Waals surface area contributed by atoms with E-state index in [0.717, 1.165) is 5.69 Å². The predicted octanol–water partition coefficient (Wildman–Crippen LogP) is 4.52. The lowest BCUT2D eigenvalue weighted by Gasteiger charge is -2.18. The van der Waals surface area contributed by atoms with Gasteiger partial charge in [-0.2, -0.15) is 4.98 Å². The van der Waals surface area contributed by atoms with Gasteiger partial charge in [0.25, 0.3) is 5.89 Å². The second kappa shape index (κ2) is 6.95. The molecule has 0 N–H and O–H groups in total. The third-order valence-electron chi connectivity index (χ3n) is 4.88. The zero-order valence-electron chi connectivity index (χ0n) is 15.2. The molecule has 6 heteroatoms. The fourth-order valence-electron chi connectivity index (χ4n) is 3.33. The Labute approximate surface area is 156 Å². The quantitative estimate of drug-likeness (QED) is 0.682. The van der Waals surface area contributed by atoms with Gasteiger partial charge in [0.15, 0.2) is 5.82 Å².